The molecule has 0 saturated heterocycles. The van der Waals surface area contributed by atoms with E-state index in [4.69, 9.17) is 4.18 Å². The van der Waals surface area contributed by atoms with Gasteiger partial charge in [0.05, 0.1) is 11.0 Å². The van der Waals surface area contributed by atoms with Crippen LogP contribution < -0.4 is 5.32 Å². The fraction of sp³-hybridized carbons (Fsp3) is 0.400. The number of nitrogens with one attached hydrogen (secondary N) is 1. The van der Waals surface area contributed by atoms with Gasteiger partial charge in [0.15, 0.2) is 0 Å². The maximum Gasteiger partial charge on any atom is 0.297 e. The molecule has 0 aliphatic heterocycles. The first kappa shape index (κ1) is 18.1. The van der Waals surface area contributed by atoms with Crippen molar-refractivity contribution in [3.8, 4) is 0 Å². The number of benzene rings is 2. The molecule has 1 aliphatic carbocycles. The molecule has 0 spiro atoms. The summed E-state index contributed by atoms with van der Waals surface area (Å²) >= 11 is 0. The summed E-state index contributed by atoms with van der Waals surface area (Å²) < 4.78 is 30.2. The fourth-order valence-corrected chi connectivity index (χ4v) is 4.29. The van der Waals surface area contributed by atoms with Crippen LogP contribution in [0.5, 0.6) is 0 Å². The van der Waals surface area contributed by atoms with Gasteiger partial charge in [0.2, 0.25) is 0 Å². The Morgan fingerprint density at radius 1 is 0.960 bits per heavy atom. The zero-order valence-corrected chi connectivity index (χ0v) is 15.3. The van der Waals surface area contributed by atoms with Crippen LogP contribution in [-0.2, 0) is 20.8 Å². The molecule has 0 aromatic heterocycles. The molecule has 2 aromatic carbocycles. The van der Waals surface area contributed by atoms with E-state index < -0.39 is 10.1 Å². The summed E-state index contributed by atoms with van der Waals surface area (Å²) in [5.41, 5.74) is 2.30. The van der Waals surface area contributed by atoms with E-state index in [1.165, 1.54) is 5.56 Å². The van der Waals surface area contributed by atoms with E-state index in [2.05, 4.69) is 17.4 Å². The summed E-state index contributed by atoms with van der Waals surface area (Å²) in [4.78, 5) is 0.238. The molecule has 1 saturated carbocycles. The highest BCUT2D eigenvalue weighted by Crippen LogP contribution is 2.25. The fourth-order valence-electron chi connectivity index (χ4n) is 3.16. The smallest absolute Gasteiger partial charge is 0.297 e. The van der Waals surface area contributed by atoms with Gasteiger partial charge in [-0.3, -0.25) is 4.18 Å². The minimum Gasteiger partial charge on any atom is -0.310 e. The van der Waals surface area contributed by atoms with Gasteiger partial charge in [-0.2, -0.15) is 8.42 Å². The maximum absolute atomic E-state index is 12.4. The molecule has 5 heteroatoms. The van der Waals surface area contributed by atoms with Crippen molar-refractivity contribution in [1.29, 1.82) is 0 Å². The van der Waals surface area contributed by atoms with Gasteiger partial charge in [0, 0.05) is 12.6 Å². The molecule has 0 heterocycles. The van der Waals surface area contributed by atoms with Crippen LogP contribution in [0.4, 0.5) is 0 Å². The summed E-state index contributed by atoms with van der Waals surface area (Å²) in [5, 5.41) is 3.55. The Hall–Kier alpha value is -1.69. The quantitative estimate of drug-likeness (QED) is 0.797. The molecular formula is C20H25NO3S. The predicted molar refractivity (Wildman–Crippen MR) is 98.8 cm³/mol. The van der Waals surface area contributed by atoms with E-state index in [1.54, 1.807) is 24.3 Å². The van der Waals surface area contributed by atoms with E-state index in [0.717, 1.165) is 37.8 Å². The Labute approximate surface area is 150 Å². The Morgan fingerprint density at radius 2 is 1.60 bits per heavy atom. The van der Waals surface area contributed by atoms with Crippen molar-refractivity contribution in [3.63, 3.8) is 0 Å². The summed E-state index contributed by atoms with van der Waals surface area (Å²) in [6.07, 6.45) is 3.16. The van der Waals surface area contributed by atoms with Crippen LogP contribution in [0.3, 0.4) is 0 Å². The van der Waals surface area contributed by atoms with Crippen molar-refractivity contribution in [1.82, 2.24) is 5.32 Å². The van der Waals surface area contributed by atoms with Crippen molar-refractivity contribution in [2.75, 3.05) is 0 Å². The van der Waals surface area contributed by atoms with E-state index in [1.807, 2.05) is 25.1 Å². The summed E-state index contributed by atoms with van der Waals surface area (Å²) in [6.45, 7) is 2.78. The minimum atomic E-state index is -3.67. The third-order valence-electron chi connectivity index (χ3n) is 4.68. The SMILES string of the molecule is Cc1ccc(S(=O)(=O)OC2CCC(NCc3ccccc3)CC2)cc1. The number of hydrogen-bond donors (Lipinski definition) is 1. The lowest BCUT2D eigenvalue weighted by Gasteiger charge is -2.28. The predicted octanol–water partition coefficient (Wildman–Crippen LogP) is 3.80. The number of hydrogen-bond acceptors (Lipinski definition) is 4. The molecule has 4 nitrogen and oxygen atoms in total. The largest absolute Gasteiger partial charge is 0.310 e. The zero-order chi connectivity index (χ0) is 17.7. The summed E-state index contributed by atoms with van der Waals surface area (Å²) in [5.74, 6) is 0. The van der Waals surface area contributed by atoms with Crippen LogP contribution in [-0.4, -0.2) is 20.6 Å². The Bertz CT molecular complexity index is 764. The zero-order valence-electron chi connectivity index (χ0n) is 14.5. The average Bonchev–Trinajstić information content (AvgIpc) is 2.62. The standard InChI is InChI=1S/C20H25NO3S/c1-16-7-13-20(14-8-16)25(22,23)24-19-11-9-18(10-12-19)21-15-17-5-3-2-4-6-17/h2-8,13-14,18-19,21H,9-12,15H2,1H3. The first-order valence-electron chi connectivity index (χ1n) is 8.80. The molecule has 0 bridgehead atoms. The van der Waals surface area contributed by atoms with Crippen molar-refractivity contribution >= 4 is 10.1 Å². The molecule has 134 valence electrons. The monoisotopic (exact) mass is 359 g/mol. The third kappa shape index (κ3) is 5.14. The lowest BCUT2D eigenvalue weighted by atomic mass is 9.93. The van der Waals surface area contributed by atoms with Crippen LogP contribution in [0.1, 0.15) is 36.8 Å². The molecule has 1 N–H and O–H groups in total. The van der Waals surface area contributed by atoms with Gasteiger partial charge in [-0.05, 0) is 50.3 Å². The lowest BCUT2D eigenvalue weighted by Crippen LogP contribution is -2.35. The van der Waals surface area contributed by atoms with Gasteiger partial charge in [-0.1, -0.05) is 48.0 Å². The van der Waals surface area contributed by atoms with Crippen LogP contribution >= 0.6 is 0 Å². The van der Waals surface area contributed by atoms with Gasteiger partial charge in [0.1, 0.15) is 0 Å². The first-order valence-corrected chi connectivity index (χ1v) is 10.2. The van der Waals surface area contributed by atoms with E-state index in [9.17, 15) is 8.42 Å². The van der Waals surface area contributed by atoms with Crippen LogP contribution in [0.15, 0.2) is 59.5 Å². The topological polar surface area (TPSA) is 55.4 Å². The van der Waals surface area contributed by atoms with Crippen molar-refractivity contribution < 1.29 is 12.6 Å². The molecule has 25 heavy (non-hydrogen) atoms. The molecule has 1 fully saturated rings. The Morgan fingerprint density at radius 3 is 2.24 bits per heavy atom. The van der Waals surface area contributed by atoms with E-state index in [0.29, 0.717) is 6.04 Å². The second kappa shape index (κ2) is 8.13. The first-order chi connectivity index (χ1) is 12.0. The second-order valence-electron chi connectivity index (χ2n) is 6.70. The third-order valence-corrected chi connectivity index (χ3v) is 6.06. The van der Waals surface area contributed by atoms with E-state index >= 15 is 0 Å². The van der Waals surface area contributed by atoms with Gasteiger partial charge < -0.3 is 5.32 Å². The maximum atomic E-state index is 12.4. The van der Waals surface area contributed by atoms with Crippen molar-refractivity contribution in [3.05, 3.63) is 65.7 Å². The Kier molecular flexibility index (Phi) is 5.89. The molecule has 0 amide bonds. The molecule has 2 aromatic rings. The molecule has 3 rings (SSSR count). The molecule has 0 atom stereocenters. The lowest BCUT2D eigenvalue weighted by molar-refractivity contribution is 0.146. The van der Waals surface area contributed by atoms with Crippen LogP contribution in [0.2, 0.25) is 0 Å². The van der Waals surface area contributed by atoms with Gasteiger partial charge >= 0.3 is 0 Å². The molecule has 0 unspecified atom stereocenters. The van der Waals surface area contributed by atoms with Gasteiger partial charge in [0.25, 0.3) is 10.1 Å². The molecular weight excluding hydrogens is 334 g/mol. The van der Waals surface area contributed by atoms with Crippen LogP contribution in [0.25, 0.3) is 0 Å². The highest BCUT2D eigenvalue weighted by molar-refractivity contribution is 7.86. The normalized spacial score (nSPS) is 21.2. The average molecular weight is 359 g/mol. The van der Waals surface area contributed by atoms with Gasteiger partial charge in [-0.25, -0.2) is 0 Å². The van der Waals surface area contributed by atoms with Crippen LogP contribution in [0, 0.1) is 6.92 Å². The number of aryl methyl sites for hydroxylation is 1. The molecule has 0 radical (unpaired) electrons. The van der Waals surface area contributed by atoms with Crippen molar-refractivity contribution in [2.45, 2.75) is 56.2 Å². The molecule has 1 aliphatic rings. The highest BCUT2D eigenvalue weighted by Gasteiger charge is 2.26. The van der Waals surface area contributed by atoms with Crippen molar-refractivity contribution in [2.24, 2.45) is 0 Å². The minimum absolute atomic E-state index is 0.221. The summed E-state index contributed by atoms with van der Waals surface area (Å²) in [6, 6.07) is 17.5. The number of rotatable bonds is 6. The highest BCUT2D eigenvalue weighted by atomic mass is 32.2. The second-order valence-corrected chi connectivity index (χ2v) is 8.28. The van der Waals surface area contributed by atoms with E-state index in [-0.39, 0.29) is 11.0 Å². The Balaban J connectivity index is 1.48. The van der Waals surface area contributed by atoms with Gasteiger partial charge in [-0.15, -0.1) is 0 Å². The summed E-state index contributed by atoms with van der Waals surface area (Å²) in [7, 11) is -3.67.